The lowest BCUT2D eigenvalue weighted by Crippen LogP contribution is -2.45. The van der Waals surface area contributed by atoms with Crippen molar-refractivity contribution >= 4 is 5.91 Å². The Labute approximate surface area is 115 Å². The molecule has 0 saturated heterocycles. The molecule has 0 aliphatic heterocycles. The first-order valence-corrected chi connectivity index (χ1v) is 7.28. The van der Waals surface area contributed by atoms with Gasteiger partial charge in [0.25, 0.3) is 5.91 Å². The summed E-state index contributed by atoms with van der Waals surface area (Å²) in [6.45, 7) is 2.55. The molecule has 1 atom stereocenters. The van der Waals surface area contributed by atoms with Crippen LogP contribution in [-0.2, 0) is 0 Å². The van der Waals surface area contributed by atoms with Gasteiger partial charge in [0.2, 0.25) is 0 Å². The van der Waals surface area contributed by atoms with E-state index in [9.17, 15) is 4.79 Å². The van der Waals surface area contributed by atoms with E-state index in [1.807, 2.05) is 31.2 Å². The summed E-state index contributed by atoms with van der Waals surface area (Å²) in [5.74, 6) is 0.550. The molecule has 1 unspecified atom stereocenters. The van der Waals surface area contributed by atoms with E-state index in [2.05, 4.69) is 5.32 Å². The number of carbonyl (C=O) groups is 1. The van der Waals surface area contributed by atoms with Crippen LogP contribution in [0, 0.1) is 12.8 Å². The number of nitrogens with two attached hydrogens (primary N) is 1. The van der Waals surface area contributed by atoms with Crippen LogP contribution in [0.4, 0.5) is 0 Å². The highest BCUT2D eigenvalue weighted by Crippen LogP contribution is 2.26. The zero-order valence-corrected chi connectivity index (χ0v) is 11.7. The van der Waals surface area contributed by atoms with Gasteiger partial charge in [-0.1, -0.05) is 37.0 Å². The molecule has 0 aromatic heterocycles. The maximum atomic E-state index is 12.2. The highest BCUT2D eigenvalue weighted by atomic mass is 16.1. The number of aryl methyl sites for hydroxylation is 1. The van der Waals surface area contributed by atoms with Crippen LogP contribution in [0.1, 0.15) is 48.0 Å². The first-order valence-electron chi connectivity index (χ1n) is 7.28. The molecule has 104 valence electrons. The lowest BCUT2D eigenvalue weighted by atomic mass is 9.84. The fourth-order valence-corrected chi connectivity index (χ4v) is 2.86. The smallest absolute Gasteiger partial charge is 0.251 e. The standard InChI is InChI=1S/C16H24N2O/c1-12-7-9-14(10-8-12)16(19)18-15(11-17)13-5-3-2-4-6-13/h7-10,13,15H,2-6,11,17H2,1H3,(H,18,19). The van der Waals surface area contributed by atoms with Gasteiger partial charge in [0.15, 0.2) is 0 Å². The van der Waals surface area contributed by atoms with Crippen LogP contribution in [-0.4, -0.2) is 18.5 Å². The van der Waals surface area contributed by atoms with E-state index in [1.54, 1.807) is 0 Å². The van der Waals surface area contributed by atoms with E-state index in [0.29, 0.717) is 12.5 Å². The van der Waals surface area contributed by atoms with Crippen LogP contribution in [0.5, 0.6) is 0 Å². The molecule has 1 aromatic rings. The summed E-state index contributed by atoms with van der Waals surface area (Å²) in [5, 5.41) is 3.11. The summed E-state index contributed by atoms with van der Waals surface area (Å²) in [7, 11) is 0. The Morgan fingerprint density at radius 1 is 1.26 bits per heavy atom. The topological polar surface area (TPSA) is 55.1 Å². The summed E-state index contributed by atoms with van der Waals surface area (Å²) in [5.41, 5.74) is 7.73. The number of rotatable bonds is 4. The van der Waals surface area contributed by atoms with Crippen LogP contribution in [0.25, 0.3) is 0 Å². The van der Waals surface area contributed by atoms with Crippen LogP contribution >= 0.6 is 0 Å². The minimum atomic E-state index is 0.000948. The molecule has 19 heavy (non-hydrogen) atoms. The molecule has 1 amide bonds. The van der Waals surface area contributed by atoms with E-state index in [1.165, 1.54) is 37.7 Å². The van der Waals surface area contributed by atoms with Gasteiger partial charge in [-0.05, 0) is 37.8 Å². The third-order valence-corrected chi connectivity index (χ3v) is 4.10. The highest BCUT2D eigenvalue weighted by molar-refractivity contribution is 5.94. The molecule has 3 N–H and O–H groups in total. The number of carbonyl (C=O) groups excluding carboxylic acids is 1. The number of hydrogen-bond donors (Lipinski definition) is 2. The molecular formula is C16H24N2O. The summed E-state index contributed by atoms with van der Waals surface area (Å²) in [6.07, 6.45) is 6.23. The SMILES string of the molecule is Cc1ccc(C(=O)NC(CN)C2CCCCC2)cc1. The van der Waals surface area contributed by atoms with Gasteiger partial charge in [0, 0.05) is 18.2 Å². The maximum absolute atomic E-state index is 12.2. The van der Waals surface area contributed by atoms with Crippen molar-refractivity contribution in [2.45, 2.75) is 45.1 Å². The normalized spacial score (nSPS) is 18.0. The second-order valence-corrected chi connectivity index (χ2v) is 5.58. The second-order valence-electron chi connectivity index (χ2n) is 5.58. The number of benzene rings is 1. The Morgan fingerprint density at radius 2 is 1.89 bits per heavy atom. The van der Waals surface area contributed by atoms with Crippen molar-refractivity contribution in [3.63, 3.8) is 0 Å². The molecule has 3 heteroatoms. The van der Waals surface area contributed by atoms with Gasteiger partial charge in [-0.2, -0.15) is 0 Å². The third-order valence-electron chi connectivity index (χ3n) is 4.10. The average molecular weight is 260 g/mol. The molecule has 0 spiro atoms. The Hall–Kier alpha value is -1.35. The van der Waals surface area contributed by atoms with Crippen molar-refractivity contribution in [3.8, 4) is 0 Å². The lowest BCUT2D eigenvalue weighted by molar-refractivity contribution is 0.0915. The van der Waals surface area contributed by atoms with Gasteiger partial charge < -0.3 is 11.1 Å². The Morgan fingerprint density at radius 3 is 2.47 bits per heavy atom. The zero-order chi connectivity index (χ0) is 13.7. The predicted octanol–water partition coefficient (Wildman–Crippen LogP) is 2.63. The average Bonchev–Trinajstić information content (AvgIpc) is 2.46. The van der Waals surface area contributed by atoms with Gasteiger partial charge in [-0.25, -0.2) is 0 Å². The highest BCUT2D eigenvalue weighted by Gasteiger charge is 2.24. The first-order chi connectivity index (χ1) is 9.20. The Balaban J connectivity index is 1.97. The zero-order valence-electron chi connectivity index (χ0n) is 11.7. The minimum Gasteiger partial charge on any atom is -0.348 e. The largest absolute Gasteiger partial charge is 0.348 e. The molecule has 1 aliphatic rings. The summed E-state index contributed by atoms with van der Waals surface area (Å²) >= 11 is 0. The quantitative estimate of drug-likeness (QED) is 0.874. The molecule has 1 saturated carbocycles. The summed E-state index contributed by atoms with van der Waals surface area (Å²) in [6, 6.07) is 7.80. The van der Waals surface area contributed by atoms with E-state index in [4.69, 9.17) is 5.73 Å². The number of amides is 1. The number of hydrogen-bond acceptors (Lipinski definition) is 2. The van der Waals surface area contributed by atoms with E-state index >= 15 is 0 Å². The van der Waals surface area contributed by atoms with Crippen molar-refractivity contribution in [2.75, 3.05) is 6.54 Å². The molecule has 0 radical (unpaired) electrons. The first kappa shape index (κ1) is 14.1. The van der Waals surface area contributed by atoms with Crippen molar-refractivity contribution in [1.29, 1.82) is 0 Å². The molecule has 0 bridgehead atoms. The van der Waals surface area contributed by atoms with Crippen LogP contribution < -0.4 is 11.1 Å². The molecule has 1 fully saturated rings. The minimum absolute atomic E-state index is 0.000948. The Kier molecular flexibility index (Phi) is 4.97. The second kappa shape index (κ2) is 6.71. The van der Waals surface area contributed by atoms with Crippen LogP contribution in [0.2, 0.25) is 0 Å². The molecule has 1 aromatic carbocycles. The monoisotopic (exact) mass is 260 g/mol. The fourth-order valence-electron chi connectivity index (χ4n) is 2.86. The van der Waals surface area contributed by atoms with Crippen molar-refractivity contribution in [1.82, 2.24) is 5.32 Å². The van der Waals surface area contributed by atoms with Gasteiger partial charge >= 0.3 is 0 Å². The fraction of sp³-hybridized carbons (Fsp3) is 0.562. The summed E-state index contributed by atoms with van der Waals surface area (Å²) in [4.78, 5) is 12.2. The van der Waals surface area contributed by atoms with Crippen molar-refractivity contribution in [3.05, 3.63) is 35.4 Å². The number of nitrogens with one attached hydrogen (secondary N) is 1. The van der Waals surface area contributed by atoms with Gasteiger partial charge in [0.1, 0.15) is 0 Å². The Bertz CT molecular complexity index is 407. The van der Waals surface area contributed by atoms with E-state index in [0.717, 1.165) is 5.56 Å². The molecular weight excluding hydrogens is 236 g/mol. The molecule has 3 nitrogen and oxygen atoms in total. The van der Waals surface area contributed by atoms with E-state index in [-0.39, 0.29) is 11.9 Å². The van der Waals surface area contributed by atoms with Crippen molar-refractivity contribution in [2.24, 2.45) is 11.7 Å². The summed E-state index contributed by atoms with van der Waals surface area (Å²) < 4.78 is 0. The molecule has 0 heterocycles. The predicted molar refractivity (Wildman–Crippen MR) is 78.1 cm³/mol. The third kappa shape index (κ3) is 3.80. The molecule has 2 rings (SSSR count). The molecule has 1 aliphatic carbocycles. The van der Waals surface area contributed by atoms with Crippen LogP contribution in [0.3, 0.4) is 0 Å². The van der Waals surface area contributed by atoms with Gasteiger partial charge in [0.05, 0.1) is 0 Å². The maximum Gasteiger partial charge on any atom is 0.251 e. The lowest BCUT2D eigenvalue weighted by Gasteiger charge is -2.30. The van der Waals surface area contributed by atoms with Crippen molar-refractivity contribution < 1.29 is 4.79 Å². The van der Waals surface area contributed by atoms with Gasteiger partial charge in [-0.3, -0.25) is 4.79 Å². The van der Waals surface area contributed by atoms with E-state index < -0.39 is 0 Å². The van der Waals surface area contributed by atoms with Crippen LogP contribution in [0.15, 0.2) is 24.3 Å². The van der Waals surface area contributed by atoms with Gasteiger partial charge in [-0.15, -0.1) is 0 Å².